The van der Waals surface area contributed by atoms with Gasteiger partial charge in [-0.25, -0.2) is 13.9 Å². The second-order valence-electron chi connectivity index (χ2n) is 8.04. The fourth-order valence-corrected chi connectivity index (χ4v) is 4.53. The lowest BCUT2D eigenvalue weighted by Gasteiger charge is -2.26. The van der Waals surface area contributed by atoms with Crippen LogP contribution in [0.2, 0.25) is 0 Å². The highest BCUT2D eigenvalue weighted by Gasteiger charge is 2.29. The molecule has 1 aliphatic heterocycles. The first-order valence-electron chi connectivity index (χ1n) is 10.3. The van der Waals surface area contributed by atoms with Crippen molar-refractivity contribution in [1.29, 1.82) is 0 Å². The molecule has 4 heterocycles. The average molecular weight is 410 g/mol. The SMILES string of the molecule is O=C(N[C@H]1CC[C@H](O)C1)c1cnn2ccc(N3CCC[C@@H]3c3cncc(F)c3)nc12. The fraction of sp³-hybridized carbons (Fsp3) is 0.429. The van der Waals surface area contributed by atoms with Gasteiger partial charge in [-0.2, -0.15) is 5.10 Å². The van der Waals surface area contributed by atoms with E-state index in [1.165, 1.54) is 18.5 Å². The summed E-state index contributed by atoms with van der Waals surface area (Å²) in [5.74, 6) is 0.135. The van der Waals surface area contributed by atoms with Crippen LogP contribution in [-0.4, -0.2) is 49.3 Å². The molecule has 2 N–H and O–H groups in total. The minimum absolute atomic E-state index is 0.0108. The largest absolute Gasteiger partial charge is 0.393 e. The third kappa shape index (κ3) is 3.49. The standard InChI is InChI=1S/C21H23FN6O2/c22-14-8-13(10-23-11-14)18-2-1-6-27(18)19-5-7-28-20(26-19)17(12-24-28)21(30)25-15-3-4-16(29)9-15/h5,7-8,10-12,15-16,18,29H,1-4,6,9H2,(H,25,30)/t15-,16-,18+/m0/s1. The van der Waals surface area contributed by atoms with Crippen molar-refractivity contribution in [3.63, 3.8) is 0 Å². The zero-order valence-electron chi connectivity index (χ0n) is 16.4. The van der Waals surface area contributed by atoms with E-state index in [1.54, 1.807) is 16.9 Å². The molecular formula is C21H23FN6O2. The van der Waals surface area contributed by atoms with Crippen molar-refractivity contribution < 1.29 is 14.3 Å². The van der Waals surface area contributed by atoms with Gasteiger partial charge in [0.2, 0.25) is 0 Å². The monoisotopic (exact) mass is 410 g/mol. The molecule has 0 spiro atoms. The van der Waals surface area contributed by atoms with E-state index in [1.807, 2.05) is 6.07 Å². The third-order valence-corrected chi connectivity index (χ3v) is 6.00. The summed E-state index contributed by atoms with van der Waals surface area (Å²) in [6, 6.07) is 3.33. The summed E-state index contributed by atoms with van der Waals surface area (Å²) in [7, 11) is 0. The minimum atomic E-state index is -0.353. The van der Waals surface area contributed by atoms with Gasteiger partial charge in [-0.3, -0.25) is 9.78 Å². The van der Waals surface area contributed by atoms with Crippen LogP contribution >= 0.6 is 0 Å². The Labute approximate surface area is 172 Å². The van der Waals surface area contributed by atoms with Gasteiger partial charge in [0.1, 0.15) is 17.2 Å². The van der Waals surface area contributed by atoms with Gasteiger partial charge in [0, 0.05) is 25.0 Å². The van der Waals surface area contributed by atoms with Crippen molar-refractivity contribution in [3.05, 3.63) is 53.9 Å². The number of carbonyl (C=O) groups is 1. The number of anilines is 1. The smallest absolute Gasteiger partial charge is 0.256 e. The minimum Gasteiger partial charge on any atom is -0.393 e. The zero-order valence-corrected chi connectivity index (χ0v) is 16.4. The molecule has 3 aromatic rings. The van der Waals surface area contributed by atoms with Crippen molar-refractivity contribution in [3.8, 4) is 0 Å². The van der Waals surface area contributed by atoms with Crippen molar-refractivity contribution in [2.75, 3.05) is 11.4 Å². The molecule has 1 amide bonds. The van der Waals surface area contributed by atoms with Gasteiger partial charge < -0.3 is 15.3 Å². The quantitative estimate of drug-likeness (QED) is 0.685. The first-order chi connectivity index (χ1) is 14.6. The summed E-state index contributed by atoms with van der Waals surface area (Å²) in [6.45, 7) is 0.792. The number of nitrogens with zero attached hydrogens (tertiary/aromatic N) is 5. The molecule has 0 aromatic carbocycles. The van der Waals surface area contributed by atoms with Crippen molar-refractivity contribution in [1.82, 2.24) is 24.9 Å². The van der Waals surface area contributed by atoms with Crippen LogP contribution < -0.4 is 10.2 Å². The molecule has 1 aliphatic carbocycles. The van der Waals surface area contributed by atoms with Gasteiger partial charge in [0.25, 0.3) is 5.91 Å². The Hall–Kier alpha value is -3.07. The molecule has 2 fully saturated rings. The topological polar surface area (TPSA) is 95.6 Å². The fourth-order valence-electron chi connectivity index (χ4n) is 4.53. The highest BCUT2D eigenvalue weighted by atomic mass is 19.1. The van der Waals surface area contributed by atoms with Crippen LogP contribution in [0.25, 0.3) is 5.65 Å². The normalized spacial score (nSPS) is 23.9. The summed E-state index contributed by atoms with van der Waals surface area (Å²) in [4.78, 5) is 23.6. The number of aliphatic hydroxyl groups excluding tert-OH is 1. The molecule has 1 saturated heterocycles. The van der Waals surface area contributed by atoms with E-state index < -0.39 is 0 Å². The second-order valence-corrected chi connectivity index (χ2v) is 8.04. The molecule has 9 heteroatoms. The van der Waals surface area contributed by atoms with Crippen LogP contribution in [0.4, 0.5) is 10.2 Å². The van der Waals surface area contributed by atoms with Crippen LogP contribution in [0.3, 0.4) is 0 Å². The number of aliphatic hydroxyl groups is 1. The number of amides is 1. The van der Waals surface area contributed by atoms with E-state index >= 15 is 0 Å². The molecular weight excluding hydrogens is 387 g/mol. The maximum absolute atomic E-state index is 13.7. The van der Waals surface area contributed by atoms with Crippen LogP contribution in [0, 0.1) is 5.82 Å². The molecule has 5 rings (SSSR count). The Morgan fingerprint density at radius 3 is 2.93 bits per heavy atom. The number of fused-ring (bicyclic) bond motifs is 1. The number of pyridine rings is 1. The number of nitrogens with one attached hydrogen (secondary N) is 1. The Kier molecular flexibility index (Phi) is 4.82. The number of rotatable bonds is 4. The van der Waals surface area contributed by atoms with Gasteiger partial charge >= 0.3 is 0 Å². The Morgan fingerprint density at radius 1 is 1.23 bits per heavy atom. The van der Waals surface area contributed by atoms with E-state index in [-0.39, 0.29) is 29.9 Å². The number of aromatic nitrogens is 4. The van der Waals surface area contributed by atoms with E-state index in [2.05, 4.69) is 20.3 Å². The number of halogens is 1. The van der Waals surface area contributed by atoms with Crippen LogP contribution in [-0.2, 0) is 0 Å². The molecule has 8 nitrogen and oxygen atoms in total. The number of hydrogen-bond donors (Lipinski definition) is 2. The van der Waals surface area contributed by atoms with E-state index in [0.717, 1.165) is 37.2 Å². The van der Waals surface area contributed by atoms with Gasteiger partial charge in [0.05, 0.1) is 24.5 Å². The van der Waals surface area contributed by atoms with Crippen LogP contribution in [0.1, 0.15) is 54.1 Å². The van der Waals surface area contributed by atoms with Crippen molar-refractivity contribution >= 4 is 17.4 Å². The summed E-state index contributed by atoms with van der Waals surface area (Å²) < 4.78 is 15.3. The Morgan fingerprint density at radius 2 is 2.13 bits per heavy atom. The maximum Gasteiger partial charge on any atom is 0.256 e. The lowest BCUT2D eigenvalue weighted by molar-refractivity contribution is 0.0935. The Balaban J connectivity index is 1.43. The van der Waals surface area contributed by atoms with Crippen molar-refractivity contribution in [2.24, 2.45) is 0 Å². The molecule has 2 aliphatic rings. The first kappa shape index (κ1) is 18.9. The average Bonchev–Trinajstić information content (AvgIpc) is 3.46. The zero-order chi connectivity index (χ0) is 20.7. The predicted molar refractivity (Wildman–Crippen MR) is 108 cm³/mol. The number of hydrogen-bond acceptors (Lipinski definition) is 6. The molecule has 0 radical (unpaired) electrons. The summed E-state index contributed by atoms with van der Waals surface area (Å²) in [6.07, 6.45) is 9.73. The summed E-state index contributed by atoms with van der Waals surface area (Å²) in [5.41, 5.74) is 1.70. The Bertz CT molecular complexity index is 1090. The van der Waals surface area contributed by atoms with E-state index in [4.69, 9.17) is 4.98 Å². The highest BCUT2D eigenvalue weighted by molar-refractivity contribution is 6.00. The van der Waals surface area contributed by atoms with E-state index in [0.29, 0.717) is 24.1 Å². The lowest BCUT2D eigenvalue weighted by atomic mass is 10.1. The predicted octanol–water partition coefficient (Wildman–Crippen LogP) is 2.25. The highest BCUT2D eigenvalue weighted by Crippen LogP contribution is 2.35. The first-order valence-corrected chi connectivity index (χ1v) is 10.3. The summed E-state index contributed by atoms with van der Waals surface area (Å²) in [5, 5.41) is 16.9. The molecule has 1 saturated carbocycles. The molecule has 0 unspecified atom stereocenters. The third-order valence-electron chi connectivity index (χ3n) is 6.00. The van der Waals surface area contributed by atoms with Gasteiger partial charge in [-0.1, -0.05) is 0 Å². The molecule has 0 bridgehead atoms. The molecule has 156 valence electrons. The van der Waals surface area contributed by atoms with Gasteiger partial charge in [-0.05, 0) is 49.8 Å². The van der Waals surface area contributed by atoms with Crippen LogP contribution in [0.15, 0.2) is 36.9 Å². The maximum atomic E-state index is 13.7. The van der Waals surface area contributed by atoms with Gasteiger partial charge in [-0.15, -0.1) is 0 Å². The molecule has 3 atom stereocenters. The van der Waals surface area contributed by atoms with E-state index in [9.17, 15) is 14.3 Å². The van der Waals surface area contributed by atoms with Gasteiger partial charge in [0.15, 0.2) is 5.65 Å². The number of carbonyl (C=O) groups excluding carboxylic acids is 1. The van der Waals surface area contributed by atoms with Crippen molar-refractivity contribution in [2.45, 2.75) is 50.3 Å². The summed E-state index contributed by atoms with van der Waals surface area (Å²) >= 11 is 0. The second kappa shape index (κ2) is 7.64. The molecule has 3 aromatic heterocycles. The van der Waals surface area contributed by atoms with Crippen LogP contribution in [0.5, 0.6) is 0 Å². The lowest BCUT2D eigenvalue weighted by Crippen LogP contribution is -2.33. The molecule has 30 heavy (non-hydrogen) atoms.